The van der Waals surface area contributed by atoms with E-state index >= 15 is 0 Å². The molecule has 1 unspecified atom stereocenters. The Kier molecular flexibility index (Phi) is 4.76. The lowest BCUT2D eigenvalue weighted by atomic mass is 10.1. The first-order valence-corrected chi connectivity index (χ1v) is 11.7. The van der Waals surface area contributed by atoms with Crippen LogP contribution in [0, 0.1) is 0 Å². The maximum absolute atomic E-state index is 12.2. The topological polar surface area (TPSA) is 126 Å². The number of hydrogen-bond acceptors (Lipinski definition) is 9. The number of benzene rings is 1. The zero-order chi connectivity index (χ0) is 21.4. The number of hydrogen-bond donors (Lipinski definition) is 0. The second-order valence-electron chi connectivity index (χ2n) is 7.18. The number of nitrogens with zero attached hydrogens (tertiary/aromatic N) is 9. The maximum atomic E-state index is 12.2. The average Bonchev–Trinajstić information content (AvgIpc) is 3.40. The van der Waals surface area contributed by atoms with Crippen molar-refractivity contribution in [3.8, 4) is 11.4 Å². The minimum absolute atomic E-state index is 0.232. The molecule has 0 bridgehead atoms. The quantitative estimate of drug-likeness (QED) is 0.370. The molecule has 1 atom stereocenters. The molecule has 0 N–H and O–H groups in total. The third kappa shape index (κ3) is 3.92. The molecule has 0 aliphatic heterocycles. The van der Waals surface area contributed by atoms with Crippen molar-refractivity contribution in [2.45, 2.75) is 12.7 Å². The lowest BCUT2D eigenvalue weighted by Crippen LogP contribution is -2.03. The van der Waals surface area contributed by atoms with Gasteiger partial charge < -0.3 is 9.09 Å². The van der Waals surface area contributed by atoms with Gasteiger partial charge in [0.2, 0.25) is 7.37 Å². The SMILES string of the molecule is COP(C)(=O)Cn1cnc(-c2cnc3nnc(Cc4ccc5ncncc5c4)n3n2)c1. The van der Waals surface area contributed by atoms with Crippen molar-refractivity contribution in [1.29, 1.82) is 0 Å². The summed E-state index contributed by atoms with van der Waals surface area (Å²) in [6.07, 6.45) is 9.01. The summed E-state index contributed by atoms with van der Waals surface area (Å²) in [4.78, 5) is 17.0. The average molecular weight is 435 g/mol. The van der Waals surface area contributed by atoms with Gasteiger partial charge in [0, 0.05) is 38.0 Å². The third-order valence-corrected chi connectivity index (χ3v) is 6.45. The zero-order valence-corrected chi connectivity index (χ0v) is 17.7. The Hall–Kier alpha value is -3.56. The van der Waals surface area contributed by atoms with Gasteiger partial charge in [-0.25, -0.2) is 19.9 Å². The molecule has 11 nitrogen and oxygen atoms in total. The molecule has 31 heavy (non-hydrogen) atoms. The van der Waals surface area contributed by atoms with Crippen molar-refractivity contribution in [3.05, 3.63) is 60.8 Å². The maximum Gasteiger partial charge on any atom is 0.271 e. The van der Waals surface area contributed by atoms with Crippen molar-refractivity contribution < 1.29 is 9.09 Å². The number of fused-ring (bicyclic) bond motifs is 2. The van der Waals surface area contributed by atoms with Crippen LogP contribution in [-0.4, -0.2) is 58.1 Å². The van der Waals surface area contributed by atoms with E-state index in [0.29, 0.717) is 29.4 Å². The number of imidazole rings is 1. The van der Waals surface area contributed by atoms with Crippen molar-refractivity contribution in [3.63, 3.8) is 0 Å². The Balaban J connectivity index is 1.45. The summed E-state index contributed by atoms with van der Waals surface area (Å²) >= 11 is 0. The van der Waals surface area contributed by atoms with Crippen LogP contribution in [0.2, 0.25) is 0 Å². The molecule has 1 aromatic carbocycles. The Morgan fingerprint density at radius 1 is 1.10 bits per heavy atom. The first-order valence-electron chi connectivity index (χ1n) is 9.41. The summed E-state index contributed by atoms with van der Waals surface area (Å²) in [7, 11) is -1.28. The normalized spacial score (nSPS) is 13.6. The first-order chi connectivity index (χ1) is 15.0. The van der Waals surface area contributed by atoms with Gasteiger partial charge in [0.15, 0.2) is 5.82 Å². The highest BCUT2D eigenvalue weighted by Crippen LogP contribution is 2.43. The second kappa shape index (κ2) is 7.60. The van der Waals surface area contributed by atoms with Crippen molar-refractivity contribution >= 4 is 24.0 Å². The third-order valence-electron chi connectivity index (χ3n) is 4.83. The van der Waals surface area contributed by atoms with E-state index in [1.807, 2.05) is 18.2 Å². The van der Waals surface area contributed by atoms with E-state index < -0.39 is 7.37 Å². The van der Waals surface area contributed by atoms with E-state index in [4.69, 9.17) is 4.52 Å². The van der Waals surface area contributed by atoms with Crippen LogP contribution in [0.5, 0.6) is 0 Å². The van der Waals surface area contributed by atoms with Gasteiger partial charge in [-0.3, -0.25) is 4.57 Å². The molecule has 0 fully saturated rings. The first kappa shape index (κ1) is 19.4. The molecule has 0 spiro atoms. The highest BCUT2D eigenvalue weighted by Gasteiger charge is 2.16. The van der Waals surface area contributed by atoms with E-state index in [1.54, 1.807) is 40.7 Å². The largest absolute Gasteiger partial charge is 0.331 e. The molecule has 0 amide bonds. The van der Waals surface area contributed by atoms with E-state index in [0.717, 1.165) is 16.5 Å². The van der Waals surface area contributed by atoms with Crippen LogP contribution in [0.4, 0.5) is 0 Å². The van der Waals surface area contributed by atoms with E-state index in [-0.39, 0.29) is 6.29 Å². The van der Waals surface area contributed by atoms with Crippen LogP contribution >= 0.6 is 7.37 Å². The smallest absolute Gasteiger partial charge is 0.271 e. The van der Waals surface area contributed by atoms with Crippen LogP contribution in [0.1, 0.15) is 11.4 Å². The molecule has 12 heteroatoms. The summed E-state index contributed by atoms with van der Waals surface area (Å²) in [6, 6.07) is 5.97. The minimum atomic E-state index is -2.71. The van der Waals surface area contributed by atoms with Crippen LogP contribution in [0.25, 0.3) is 28.1 Å². The van der Waals surface area contributed by atoms with Crippen molar-refractivity contribution in [2.75, 3.05) is 13.8 Å². The monoisotopic (exact) mass is 435 g/mol. The Morgan fingerprint density at radius 2 is 2.00 bits per heavy atom. The summed E-state index contributed by atoms with van der Waals surface area (Å²) < 4.78 is 20.6. The summed E-state index contributed by atoms with van der Waals surface area (Å²) in [5.41, 5.74) is 3.08. The van der Waals surface area contributed by atoms with Gasteiger partial charge in [-0.05, 0) is 17.7 Å². The Morgan fingerprint density at radius 3 is 2.87 bits per heavy atom. The number of rotatable bonds is 6. The van der Waals surface area contributed by atoms with Gasteiger partial charge in [0.05, 0.1) is 24.3 Å². The van der Waals surface area contributed by atoms with Gasteiger partial charge >= 0.3 is 0 Å². The molecule has 5 rings (SSSR count). The van der Waals surface area contributed by atoms with Gasteiger partial charge in [-0.15, -0.1) is 10.2 Å². The van der Waals surface area contributed by atoms with Crippen molar-refractivity contribution in [1.82, 2.24) is 44.3 Å². The predicted molar refractivity (Wildman–Crippen MR) is 113 cm³/mol. The van der Waals surface area contributed by atoms with Crippen LogP contribution in [0.3, 0.4) is 0 Å². The molecule has 0 saturated heterocycles. The van der Waals surface area contributed by atoms with Gasteiger partial charge in [0.1, 0.15) is 17.7 Å². The second-order valence-corrected chi connectivity index (χ2v) is 9.85. The molecule has 0 saturated carbocycles. The van der Waals surface area contributed by atoms with Crippen LogP contribution in [-0.2, 0) is 21.8 Å². The molecule has 5 aromatic rings. The van der Waals surface area contributed by atoms with E-state index in [9.17, 15) is 4.57 Å². The van der Waals surface area contributed by atoms with Gasteiger partial charge in [0.25, 0.3) is 5.78 Å². The minimum Gasteiger partial charge on any atom is -0.331 e. The highest BCUT2D eigenvalue weighted by molar-refractivity contribution is 7.57. The highest BCUT2D eigenvalue weighted by atomic mass is 31.2. The molecule has 156 valence electrons. The fraction of sp³-hybridized carbons (Fsp3) is 0.211. The summed E-state index contributed by atoms with van der Waals surface area (Å²) in [6.45, 7) is 1.58. The summed E-state index contributed by atoms with van der Waals surface area (Å²) in [5, 5.41) is 13.9. The molecule has 0 aliphatic carbocycles. The van der Waals surface area contributed by atoms with Gasteiger partial charge in [-0.2, -0.15) is 9.61 Å². The Bertz CT molecular complexity index is 1440. The lowest BCUT2D eigenvalue weighted by Gasteiger charge is -2.10. The van der Waals surface area contributed by atoms with Crippen LogP contribution < -0.4 is 0 Å². The Labute approximate surface area is 176 Å². The van der Waals surface area contributed by atoms with Gasteiger partial charge in [-0.1, -0.05) is 6.07 Å². The van der Waals surface area contributed by atoms with E-state index in [2.05, 4.69) is 35.2 Å². The molecule has 4 aromatic heterocycles. The lowest BCUT2D eigenvalue weighted by molar-refractivity contribution is 0.391. The standard InChI is InChI=1S/C19H18N9O2P/c1-30-31(2,29)12-27-9-17(23-11-27)16-8-21-19-25-24-18(28(19)26-16)6-13-3-4-15-14(5-13)7-20-10-22-15/h3-5,7-11H,6,12H2,1-2H3. The predicted octanol–water partition coefficient (Wildman–Crippen LogP) is 2.43. The van der Waals surface area contributed by atoms with Crippen molar-refractivity contribution in [2.24, 2.45) is 0 Å². The molecule has 0 radical (unpaired) electrons. The fourth-order valence-electron chi connectivity index (χ4n) is 3.22. The van der Waals surface area contributed by atoms with Crippen LogP contribution in [0.15, 0.2) is 49.4 Å². The number of aromatic nitrogens is 9. The molecular weight excluding hydrogens is 417 g/mol. The zero-order valence-electron chi connectivity index (χ0n) is 16.8. The van der Waals surface area contributed by atoms with E-state index in [1.165, 1.54) is 13.4 Å². The summed E-state index contributed by atoms with van der Waals surface area (Å²) in [5.74, 6) is 1.05. The molecule has 4 heterocycles. The fourth-order valence-corrected chi connectivity index (χ4v) is 4.08. The molecular formula is C19H18N9O2P. The molecule has 0 aliphatic rings.